The number of methoxy groups -OCH3 is 1. The average Bonchev–Trinajstić information content (AvgIpc) is 2.63. The van der Waals surface area contributed by atoms with Crippen molar-refractivity contribution in [1.82, 2.24) is 0 Å². The van der Waals surface area contributed by atoms with Crippen LogP contribution in [0.15, 0.2) is 0 Å². The third-order valence-corrected chi connectivity index (χ3v) is 3.75. The van der Waals surface area contributed by atoms with Crippen molar-refractivity contribution in [3.05, 3.63) is 0 Å². The van der Waals surface area contributed by atoms with Crippen LogP contribution in [-0.2, 0) is 27.6 Å². The Balaban J connectivity index is 2.51. The minimum Gasteiger partial charge on any atom is -0.387 e. The number of aliphatic hydroxyl groups excluding tert-OH is 2. The molecule has 0 amide bonds. The molecule has 0 aromatic rings. The van der Waals surface area contributed by atoms with E-state index in [4.69, 9.17) is 14.0 Å². The molecular weight excluding hydrogens is 255 g/mol. The van der Waals surface area contributed by atoms with Crippen molar-refractivity contribution in [2.75, 3.05) is 27.9 Å². The quantitative estimate of drug-likeness (QED) is 0.623. The Morgan fingerprint density at radius 2 is 1.76 bits per heavy atom. The van der Waals surface area contributed by atoms with Crippen molar-refractivity contribution < 1.29 is 37.8 Å². The van der Waals surface area contributed by atoms with E-state index in [1.807, 2.05) is 0 Å². The van der Waals surface area contributed by atoms with Gasteiger partial charge in [-0.1, -0.05) is 0 Å². The van der Waals surface area contributed by atoms with Crippen LogP contribution in [-0.4, -0.2) is 62.8 Å². The van der Waals surface area contributed by atoms with Gasteiger partial charge in [-0.15, -0.1) is 0 Å². The first kappa shape index (κ1) is 15.0. The Morgan fingerprint density at radius 3 is 2.18 bits per heavy atom. The number of phosphoric acid groups is 1. The number of hydrogen-bond donors (Lipinski definition) is 2. The van der Waals surface area contributed by atoms with Crippen LogP contribution >= 0.6 is 7.82 Å². The fraction of sp³-hybridized carbons (Fsp3) is 1.00. The molecule has 102 valence electrons. The predicted molar refractivity (Wildman–Crippen MR) is 55.3 cm³/mol. The molecule has 0 saturated carbocycles. The molecule has 0 unspecified atom stereocenters. The lowest BCUT2D eigenvalue weighted by Crippen LogP contribution is -2.34. The predicted octanol–water partition coefficient (Wildman–Crippen LogP) is -0.503. The maximum Gasteiger partial charge on any atom is 0.474 e. The van der Waals surface area contributed by atoms with E-state index >= 15 is 0 Å². The lowest BCUT2D eigenvalue weighted by atomic mass is 10.1. The lowest BCUT2D eigenvalue weighted by molar-refractivity contribution is -0.152. The van der Waals surface area contributed by atoms with E-state index in [2.05, 4.69) is 9.05 Å². The first-order valence-electron chi connectivity index (χ1n) is 4.88. The second-order valence-corrected chi connectivity index (χ2v) is 5.25. The highest BCUT2D eigenvalue weighted by Crippen LogP contribution is 2.48. The van der Waals surface area contributed by atoms with E-state index in [1.54, 1.807) is 0 Å². The van der Waals surface area contributed by atoms with Gasteiger partial charge in [-0.3, -0.25) is 13.6 Å². The molecule has 0 spiro atoms. The van der Waals surface area contributed by atoms with E-state index in [1.165, 1.54) is 21.3 Å². The van der Waals surface area contributed by atoms with Gasteiger partial charge in [-0.05, 0) is 0 Å². The fourth-order valence-electron chi connectivity index (χ4n) is 1.39. The third-order valence-electron chi connectivity index (χ3n) is 2.40. The normalized spacial score (nSPS) is 34.2. The van der Waals surface area contributed by atoms with E-state index in [0.29, 0.717) is 0 Å². The monoisotopic (exact) mass is 272 g/mol. The zero-order valence-electron chi connectivity index (χ0n) is 9.81. The number of ether oxygens (including phenoxy) is 2. The molecule has 0 aromatic heterocycles. The summed E-state index contributed by atoms with van der Waals surface area (Å²) in [6.07, 6.45) is -4.18. The minimum atomic E-state index is -3.62. The zero-order chi connectivity index (χ0) is 13.1. The van der Waals surface area contributed by atoms with Crippen molar-refractivity contribution in [3.8, 4) is 0 Å². The SMILES string of the molecule is CO[C@@H]1O[C@H](COP(=O)(OC)OC)[C@@H](O)[C@H]1O. The second kappa shape index (κ2) is 6.21. The molecule has 2 N–H and O–H groups in total. The molecule has 9 heteroatoms. The summed E-state index contributed by atoms with van der Waals surface area (Å²) >= 11 is 0. The van der Waals surface area contributed by atoms with Gasteiger partial charge >= 0.3 is 7.82 Å². The molecule has 8 nitrogen and oxygen atoms in total. The maximum atomic E-state index is 11.5. The highest BCUT2D eigenvalue weighted by Gasteiger charge is 2.44. The molecular formula is C8H17O8P. The van der Waals surface area contributed by atoms with Gasteiger partial charge in [0.25, 0.3) is 0 Å². The van der Waals surface area contributed by atoms with Crippen LogP contribution in [0.2, 0.25) is 0 Å². The van der Waals surface area contributed by atoms with Crippen LogP contribution in [0.5, 0.6) is 0 Å². The van der Waals surface area contributed by atoms with Gasteiger partial charge in [0.1, 0.15) is 18.3 Å². The van der Waals surface area contributed by atoms with Crippen molar-refractivity contribution in [1.29, 1.82) is 0 Å². The standard InChI is InChI=1S/C8H17O8P/c1-12-8-7(10)6(9)5(16-8)4-15-17(11,13-2)14-3/h5-10H,4H2,1-3H3/t5-,6-,7-,8-/m1/s1. The first-order valence-corrected chi connectivity index (χ1v) is 6.34. The lowest BCUT2D eigenvalue weighted by Gasteiger charge is -2.18. The molecule has 0 aromatic carbocycles. The summed E-state index contributed by atoms with van der Waals surface area (Å²) in [5.74, 6) is 0. The largest absolute Gasteiger partial charge is 0.474 e. The van der Waals surface area contributed by atoms with Gasteiger partial charge in [-0.2, -0.15) is 0 Å². The molecule has 1 heterocycles. The van der Waals surface area contributed by atoms with Gasteiger partial charge < -0.3 is 19.7 Å². The molecule has 0 radical (unpaired) electrons. The Morgan fingerprint density at radius 1 is 1.18 bits per heavy atom. The molecule has 1 aliphatic heterocycles. The van der Waals surface area contributed by atoms with E-state index < -0.39 is 32.4 Å². The van der Waals surface area contributed by atoms with Gasteiger partial charge in [0.2, 0.25) is 0 Å². The number of rotatable bonds is 6. The van der Waals surface area contributed by atoms with Crippen molar-refractivity contribution in [3.63, 3.8) is 0 Å². The topological polar surface area (TPSA) is 104 Å². The van der Waals surface area contributed by atoms with Gasteiger partial charge in [0.05, 0.1) is 6.61 Å². The summed E-state index contributed by atoms with van der Waals surface area (Å²) in [7, 11) is 0.0501. The highest BCUT2D eigenvalue weighted by molar-refractivity contribution is 7.48. The fourth-order valence-corrected chi connectivity index (χ4v) is 2.08. The molecule has 1 saturated heterocycles. The van der Waals surface area contributed by atoms with Gasteiger partial charge in [0.15, 0.2) is 6.29 Å². The Labute approximate surface area is 99.0 Å². The third kappa shape index (κ3) is 3.46. The Bertz CT molecular complexity index is 277. The number of hydrogen-bond acceptors (Lipinski definition) is 8. The molecule has 17 heavy (non-hydrogen) atoms. The molecule has 4 atom stereocenters. The van der Waals surface area contributed by atoms with Crippen LogP contribution < -0.4 is 0 Å². The smallest absolute Gasteiger partial charge is 0.387 e. The summed E-state index contributed by atoms with van der Waals surface area (Å²) in [6.45, 7) is -0.253. The van der Waals surface area contributed by atoms with Crippen LogP contribution in [0.25, 0.3) is 0 Å². The van der Waals surface area contributed by atoms with E-state index in [0.717, 1.165) is 0 Å². The van der Waals surface area contributed by atoms with Crippen molar-refractivity contribution in [2.24, 2.45) is 0 Å². The highest BCUT2D eigenvalue weighted by atomic mass is 31.2. The van der Waals surface area contributed by atoms with E-state index in [-0.39, 0.29) is 6.61 Å². The molecule has 0 aliphatic carbocycles. The maximum absolute atomic E-state index is 11.5. The number of phosphoric ester groups is 1. The molecule has 0 bridgehead atoms. The van der Waals surface area contributed by atoms with E-state index in [9.17, 15) is 14.8 Å². The first-order chi connectivity index (χ1) is 7.97. The average molecular weight is 272 g/mol. The van der Waals surface area contributed by atoms with Crippen LogP contribution in [0.3, 0.4) is 0 Å². The Hall–Kier alpha value is -0.0500. The molecule has 1 aliphatic rings. The summed E-state index contributed by atoms with van der Waals surface area (Å²) in [5.41, 5.74) is 0. The van der Waals surface area contributed by atoms with Crippen LogP contribution in [0.1, 0.15) is 0 Å². The molecule has 1 rings (SSSR count). The van der Waals surface area contributed by atoms with Gasteiger partial charge in [-0.25, -0.2) is 4.57 Å². The van der Waals surface area contributed by atoms with Crippen molar-refractivity contribution >= 4 is 7.82 Å². The summed E-state index contributed by atoms with van der Waals surface area (Å²) in [6, 6.07) is 0. The Kier molecular flexibility index (Phi) is 5.49. The van der Waals surface area contributed by atoms with Crippen molar-refractivity contribution in [2.45, 2.75) is 24.6 Å². The zero-order valence-corrected chi connectivity index (χ0v) is 10.7. The number of aliphatic hydroxyl groups is 2. The molecule has 1 fully saturated rings. The second-order valence-electron chi connectivity index (χ2n) is 3.37. The van der Waals surface area contributed by atoms with Crippen LogP contribution in [0.4, 0.5) is 0 Å². The summed E-state index contributed by atoms with van der Waals surface area (Å²) < 4.78 is 35.4. The summed E-state index contributed by atoms with van der Waals surface area (Å²) in [5, 5.41) is 19.1. The van der Waals surface area contributed by atoms with Crippen LogP contribution in [0, 0.1) is 0 Å². The van der Waals surface area contributed by atoms with Gasteiger partial charge in [0, 0.05) is 21.3 Å². The summed E-state index contributed by atoms with van der Waals surface area (Å²) in [4.78, 5) is 0. The minimum absolute atomic E-state index is 0.253.